The quantitative estimate of drug-likeness (QED) is 0.589. The van der Waals surface area contributed by atoms with Gasteiger partial charge in [0.05, 0.1) is 0 Å². The molecule has 0 atom stereocenters. The van der Waals surface area contributed by atoms with Crippen molar-refractivity contribution in [2.45, 2.75) is 13.3 Å². The first-order chi connectivity index (χ1) is 10.7. The van der Waals surface area contributed by atoms with E-state index in [0.29, 0.717) is 17.0 Å². The summed E-state index contributed by atoms with van der Waals surface area (Å²) in [4.78, 5) is 27.4. The number of esters is 1. The van der Waals surface area contributed by atoms with Crippen LogP contribution in [0.3, 0.4) is 0 Å². The van der Waals surface area contributed by atoms with E-state index in [1.165, 1.54) is 0 Å². The molecule has 4 heteroatoms. The molecule has 110 valence electrons. The summed E-state index contributed by atoms with van der Waals surface area (Å²) in [6, 6.07) is 16.3. The number of hydrogen-bond acceptors (Lipinski definition) is 3. The fraction of sp³-hybridized carbons (Fsp3) is 0.111. The number of nitrogens with one attached hydrogen (secondary N) is 1. The molecule has 1 N–H and O–H groups in total. The smallest absolute Gasteiger partial charge is 0.310 e. The van der Waals surface area contributed by atoms with Crippen LogP contribution in [0.25, 0.3) is 10.9 Å². The van der Waals surface area contributed by atoms with E-state index in [0.717, 1.165) is 10.9 Å². The SMILES string of the molecule is CCC(=O)Oc1c(C(=O)c2ccccc2)[nH]c2ccccc12. The number of H-pyrrole nitrogens is 1. The Morgan fingerprint density at radius 2 is 1.68 bits per heavy atom. The molecule has 0 unspecified atom stereocenters. The van der Waals surface area contributed by atoms with Crippen LogP contribution < -0.4 is 4.74 Å². The molecule has 0 spiro atoms. The summed E-state index contributed by atoms with van der Waals surface area (Å²) < 4.78 is 5.40. The highest BCUT2D eigenvalue weighted by atomic mass is 16.5. The highest BCUT2D eigenvalue weighted by Gasteiger charge is 2.21. The van der Waals surface area contributed by atoms with Gasteiger partial charge in [0.1, 0.15) is 5.69 Å². The molecule has 0 bridgehead atoms. The lowest BCUT2D eigenvalue weighted by atomic mass is 10.1. The molecule has 0 saturated heterocycles. The van der Waals surface area contributed by atoms with Crippen molar-refractivity contribution >= 4 is 22.7 Å². The Kier molecular flexibility index (Phi) is 3.74. The molecule has 0 radical (unpaired) electrons. The van der Waals surface area contributed by atoms with E-state index in [2.05, 4.69) is 4.98 Å². The van der Waals surface area contributed by atoms with Crippen LogP contribution in [0.5, 0.6) is 5.75 Å². The fourth-order valence-corrected chi connectivity index (χ4v) is 2.30. The van der Waals surface area contributed by atoms with Gasteiger partial charge in [-0.25, -0.2) is 0 Å². The second kappa shape index (κ2) is 5.85. The molecule has 0 amide bonds. The molecule has 0 aliphatic rings. The zero-order valence-corrected chi connectivity index (χ0v) is 12.1. The normalized spacial score (nSPS) is 10.6. The van der Waals surface area contributed by atoms with Gasteiger partial charge in [0.15, 0.2) is 5.75 Å². The van der Waals surface area contributed by atoms with Crippen molar-refractivity contribution < 1.29 is 14.3 Å². The molecule has 3 aromatic rings. The van der Waals surface area contributed by atoms with Gasteiger partial charge in [0, 0.05) is 22.9 Å². The van der Waals surface area contributed by atoms with Crippen LogP contribution in [0.15, 0.2) is 54.6 Å². The lowest BCUT2D eigenvalue weighted by Gasteiger charge is -2.05. The van der Waals surface area contributed by atoms with Crippen molar-refractivity contribution in [3.05, 3.63) is 65.9 Å². The number of ether oxygens (including phenoxy) is 1. The number of aromatic amines is 1. The molecule has 22 heavy (non-hydrogen) atoms. The standard InChI is InChI=1S/C18H15NO3/c1-2-15(20)22-18-13-10-6-7-11-14(13)19-16(18)17(21)12-8-4-3-5-9-12/h3-11,19H,2H2,1H3. The number of ketones is 1. The molecular formula is C18H15NO3. The Hall–Kier alpha value is -2.88. The van der Waals surface area contributed by atoms with Crippen LogP contribution in [0.1, 0.15) is 29.4 Å². The van der Waals surface area contributed by atoms with Crippen LogP contribution in [-0.4, -0.2) is 16.7 Å². The van der Waals surface area contributed by atoms with Crippen molar-refractivity contribution in [1.29, 1.82) is 0 Å². The predicted molar refractivity (Wildman–Crippen MR) is 84.1 cm³/mol. The zero-order valence-electron chi connectivity index (χ0n) is 12.1. The van der Waals surface area contributed by atoms with Gasteiger partial charge >= 0.3 is 5.97 Å². The highest BCUT2D eigenvalue weighted by Crippen LogP contribution is 2.31. The van der Waals surface area contributed by atoms with E-state index in [1.807, 2.05) is 30.3 Å². The third kappa shape index (κ3) is 2.51. The number of fused-ring (bicyclic) bond motifs is 1. The van der Waals surface area contributed by atoms with E-state index >= 15 is 0 Å². The Morgan fingerprint density at radius 1 is 1.00 bits per heavy atom. The number of carbonyl (C=O) groups excluding carboxylic acids is 2. The van der Waals surface area contributed by atoms with Gasteiger partial charge in [-0.15, -0.1) is 0 Å². The summed E-state index contributed by atoms with van der Waals surface area (Å²) in [5.41, 5.74) is 1.61. The molecule has 0 saturated carbocycles. The van der Waals surface area contributed by atoms with Crippen molar-refractivity contribution in [3.63, 3.8) is 0 Å². The summed E-state index contributed by atoms with van der Waals surface area (Å²) in [5, 5.41) is 0.726. The minimum Gasteiger partial charge on any atom is -0.423 e. The van der Waals surface area contributed by atoms with Gasteiger partial charge in [-0.2, -0.15) is 0 Å². The third-order valence-corrected chi connectivity index (χ3v) is 3.43. The lowest BCUT2D eigenvalue weighted by molar-refractivity contribution is -0.133. The summed E-state index contributed by atoms with van der Waals surface area (Å²) >= 11 is 0. The molecule has 0 fully saturated rings. The molecule has 2 aromatic carbocycles. The minimum absolute atomic E-state index is 0.198. The molecule has 3 rings (SSSR count). The molecule has 1 heterocycles. The van der Waals surface area contributed by atoms with Crippen LogP contribution >= 0.6 is 0 Å². The first kappa shape index (κ1) is 14.1. The summed E-state index contributed by atoms with van der Waals surface area (Å²) in [5.74, 6) is -0.265. The molecule has 0 aliphatic carbocycles. The fourth-order valence-electron chi connectivity index (χ4n) is 2.30. The maximum atomic E-state index is 12.7. The van der Waals surface area contributed by atoms with Crippen molar-refractivity contribution in [2.24, 2.45) is 0 Å². The topological polar surface area (TPSA) is 59.2 Å². The number of rotatable bonds is 4. The maximum absolute atomic E-state index is 12.7. The van der Waals surface area contributed by atoms with Crippen molar-refractivity contribution in [1.82, 2.24) is 4.98 Å². The van der Waals surface area contributed by atoms with Crippen LogP contribution in [0, 0.1) is 0 Å². The first-order valence-electron chi connectivity index (χ1n) is 7.12. The van der Waals surface area contributed by atoms with E-state index < -0.39 is 0 Å². The van der Waals surface area contributed by atoms with Crippen LogP contribution in [0.4, 0.5) is 0 Å². The van der Waals surface area contributed by atoms with E-state index in [1.54, 1.807) is 31.2 Å². The predicted octanol–water partition coefficient (Wildman–Crippen LogP) is 3.71. The second-order valence-corrected chi connectivity index (χ2v) is 4.90. The van der Waals surface area contributed by atoms with Crippen molar-refractivity contribution in [3.8, 4) is 5.75 Å². The largest absolute Gasteiger partial charge is 0.423 e. The molecule has 1 aromatic heterocycles. The monoisotopic (exact) mass is 293 g/mol. The number of aromatic nitrogens is 1. The third-order valence-electron chi connectivity index (χ3n) is 3.43. The van der Waals surface area contributed by atoms with Gasteiger partial charge < -0.3 is 9.72 Å². The van der Waals surface area contributed by atoms with Gasteiger partial charge in [0.25, 0.3) is 0 Å². The molecular weight excluding hydrogens is 278 g/mol. The summed E-state index contributed by atoms with van der Waals surface area (Å²) in [7, 11) is 0. The molecule has 0 aliphatic heterocycles. The van der Waals surface area contributed by atoms with Gasteiger partial charge in [-0.1, -0.05) is 49.4 Å². The zero-order chi connectivity index (χ0) is 15.5. The van der Waals surface area contributed by atoms with E-state index in [-0.39, 0.29) is 18.2 Å². The van der Waals surface area contributed by atoms with Crippen LogP contribution in [0.2, 0.25) is 0 Å². The number of benzene rings is 2. The van der Waals surface area contributed by atoms with Crippen molar-refractivity contribution in [2.75, 3.05) is 0 Å². The Balaban J connectivity index is 2.14. The van der Waals surface area contributed by atoms with Crippen LogP contribution in [-0.2, 0) is 4.79 Å². The summed E-state index contributed by atoms with van der Waals surface area (Å²) in [6.07, 6.45) is 0.248. The Morgan fingerprint density at radius 3 is 2.41 bits per heavy atom. The highest BCUT2D eigenvalue weighted by molar-refractivity contribution is 6.13. The summed E-state index contributed by atoms with van der Waals surface area (Å²) in [6.45, 7) is 1.72. The number of carbonyl (C=O) groups is 2. The van der Waals surface area contributed by atoms with E-state index in [4.69, 9.17) is 4.74 Å². The average Bonchev–Trinajstić information content (AvgIpc) is 2.93. The van der Waals surface area contributed by atoms with Gasteiger partial charge in [-0.3, -0.25) is 9.59 Å². The van der Waals surface area contributed by atoms with E-state index in [9.17, 15) is 9.59 Å². The Bertz CT molecular complexity index is 834. The average molecular weight is 293 g/mol. The van der Waals surface area contributed by atoms with Gasteiger partial charge in [-0.05, 0) is 12.1 Å². The molecule has 4 nitrogen and oxygen atoms in total. The first-order valence-corrected chi connectivity index (χ1v) is 7.12. The Labute approximate surface area is 127 Å². The number of para-hydroxylation sites is 1. The minimum atomic E-state index is -0.369. The second-order valence-electron chi connectivity index (χ2n) is 4.90. The number of hydrogen-bond donors (Lipinski definition) is 1. The lowest BCUT2D eigenvalue weighted by Crippen LogP contribution is -2.10. The maximum Gasteiger partial charge on any atom is 0.310 e. The van der Waals surface area contributed by atoms with Gasteiger partial charge in [0.2, 0.25) is 5.78 Å².